The number of rotatable bonds is 6. The van der Waals surface area contributed by atoms with Gasteiger partial charge in [-0.3, -0.25) is 10.1 Å². The van der Waals surface area contributed by atoms with Gasteiger partial charge in [0, 0.05) is 13.2 Å². The lowest BCUT2D eigenvalue weighted by Crippen LogP contribution is -2.42. The molecule has 2 rings (SSSR count). The Bertz CT molecular complexity index is 313. The largest absolute Gasteiger partial charge is 0.377 e. The Labute approximate surface area is 110 Å². The van der Waals surface area contributed by atoms with E-state index >= 15 is 0 Å². The predicted octanol–water partition coefficient (Wildman–Crippen LogP) is 1.75. The summed E-state index contributed by atoms with van der Waals surface area (Å²) in [7, 11) is 0. The fraction of sp³-hybridized carbons (Fsp3) is 0.929. The number of carbonyl (C=O) groups excluding carboxylic acids is 1. The van der Waals surface area contributed by atoms with Crippen LogP contribution in [0.1, 0.15) is 47.0 Å². The van der Waals surface area contributed by atoms with Gasteiger partial charge in [0.25, 0.3) is 0 Å². The molecule has 0 aromatic heterocycles. The first-order chi connectivity index (χ1) is 8.48. The van der Waals surface area contributed by atoms with E-state index in [1.165, 1.54) is 0 Å². The maximum atomic E-state index is 12.4. The molecule has 4 heteroatoms. The second-order valence-corrected chi connectivity index (χ2v) is 6.10. The van der Waals surface area contributed by atoms with E-state index in [2.05, 4.69) is 19.2 Å². The van der Waals surface area contributed by atoms with E-state index in [1.54, 1.807) is 0 Å². The number of carbonyl (C=O) groups is 1. The van der Waals surface area contributed by atoms with Crippen molar-refractivity contribution in [3.05, 3.63) is 0 Å². The molecule has 0 aromatic rings. The van der Waals surface area contributed by atoms with Gasteiger partial charge in [0.2, 0.25) is 5.91 Å². The second-order valence-electron chi connectivity index (χ2n) is 6.10. The van der Waals surface area contributed by atoms with Gasteiger partial charge in [0.1, 0.15) is 0 Å². The van der Waals surface area contributed by atoms with Gasteiger partial charge in [0.15, 0.2) is 0 Å². The number of ether oxygens (including phenoxy) is 1. The first-order valence-electron chi connectivity index (χ1n) is 7.19. The Morgan fingerprint density at radius 3 is 2.61 bits per heavy atom. The van der Waals surface area contributed by atoms with Gasteiger partial charge >= 0.3 is 0 Å². The molecule has 1 amide bonds. The summed E-state index contributed by atoms with van der Waals surface area (Å²) in [6, 6.07) is 0. The highest BCUT2D eigenvalue weighted by molar-refractivity contribution is 5.91. The third-order valence-electron chi connectivity index (χ3n) is 3.84. The topological polar surface area (TPSA) is 41.6 Å². The number of nitrogens with one attached hydrogen (secondary N) is 1. The van der Waals surface area contributed by atoms with Crippen LogP contribution in [0.25, 0.3) is 0 Å². The summed E-state index contributed by atoms with van der Waals surface area (Å²) in [4.78, 5) is 14.4. The van der Waals surface area contributed by atoms with Crippen LogP contribution in [0.15, 0.2) is 0 Å². The second kappa shape index (κ2) is 5.17. The monoisotopic (exact) mass is 254 g/mol. The molecule has 1 saturated carbocycles. The van der Waals surface area contributed by atoms with Crippen LogP contribution in [0.3, 0.4) is 0 Å². The Hall–Kier alpha value is -0.610. The van der Waals surface area contributed by atoms with E-state index in [9.17, 15) is 4.79 Å². The van der Waals surface area contributed by atoms with Crippen molar-refractivity contribution in [2.45, 2.75) is 64.8 Å². The maximum Gasteiger partial charge on any atom is 0.244 e. The first kappa shape index (κ1) is 13.8. The summed E-state index contributed by atoms with van der Waals surface area (Å²) in [5.41, 5.74) is -0.203. The number of hydrogen-bond donors (Lipinski definition) is 1. The molecule has 18 heavy (non-hydrogen) atoms. The Morgan fingerprint density at radius 1 is 1.44 bits per heavy atom. The van der Waals surface area contributed by atoms with Crippen molar-refractivity contribution in [1.82, 2.24) is 10.2 Å². The lowest BCUT2D eigenvalue weighted by molar-refractivity contribution is -0.132. The lowest BCUT2D eigenvalue weighted by atomic mass is 10.1. The first-order valence-corrected chi connectivity index (χ1v) is 7.19. The van der Waals surface area contributed by atoms with Crippen molar-refractivity contribution in [2.75, 3.05) is 13.2 Å². The van der Waals surface area contributed by atoms with Gasteiger partial charge in [-0.25, -0.2) is 0 Å². The van der Waals surface area contributed by atoms with Crippen LogP contribution in [0.2, 0.25) is 0 Å². The highest BCUT2D eigenvalue weighted by Gasteiger charge is 2.58. The molecule has 104 valence electrons. The molecule has 1 aliphatic carbocycles. The lowest BCUT2D eigenvalue weighted by Gasteiger charge is -2.28. The van der Waals surface area contributed by atoms with Gasteiger partial charge in [-0.15, -0.1) is 0 Å². The zero-order chi connectivity index (χ0) is 13.3. The summed E-state index contributed by atoms with van der Waals surface area (Å²) >= 11 is 0. The number of hydrogen-bond acceptors (Lipinski definition) is 3. The average molecular weight is 254 g/mol. The minimum atomic E-state index is -0.203. The predicted molar refractivity (Wildman–Crippen MR) is 71.1 cm³/mol. The summed E-state index contributed by atoms with van der Waals surface area (Å²) in [5, 5.41) is 3.54. The summed E-state index contributed by atoms with van der Waals surface area (Å²) in [6.45, 7) is 9.85. The van der Waals surface area contributed by atoms with Gasteiger partial charge in [-0.1, -0.05) is 13.8 Å². The zero-order valence-electron chi connectivity index (χ0n) is 12.0. The molecule has 1 aliphatic heterocycles. The standard InChI is InChI=1S/C14H26N2O2/c1-5-18-11(4)9-16-12(8-10(2)3)15-14(6-7-14)13(16)17/h10-12,15H,5-9H2,1-4H3. The Kier molecular flexibility index (Phi) is 3.97. The maximum absolute atomic E-state index is 12.4. The van der Waals surface area contributed by atoms with E-state index in [0.29, 0.717) is 25.0 Å². The smallest absolute Gasteiger partial charge is 0.244 e. The van der Waals surface area contributed by atoms with Crippen molar-refractivity contribution < 1.29 is 9.53 Å². The van der Waals surface area contributed by atoms with Gasteiger partial charge in [0.05, 0.1) is 17.8 Å². The molecular formula is C14H26N2O2. The number of amides is 1. The van der Waals surface area contributed by atoms with E-state index < -0.39 is 0 Å². The van der Waals surface area contributed by atoms with Gasteiger partial charge < -0.3 is 9.64 Å². The molecule has 2 aliphatic rings. The van der Waals surface area contributed by atoms with Crippen LogP contribution >= 0.6 is 0 Å². The van der Waals surface area contributed by atoms with Gasteiger partial charge in [-0.05, 0) is 39.0 Å². The number of nitrogens with zero attached hydrogens (tertiary/aromatic N) is 1. The molecule has 1 saturated heterocycles. The van der Waals surface area contributed by atoms with Crippen LogP contribution in [-0.4, -0.2) is 41.8 Å². The normalized spacial score (nSPS) is 27.3. The quantitative estimate of drug-likeness (QED) is 0.785. The SMILES string of the molecule is CCOC(C)CN1C(=O)C2(CC2)NC1CC(C)C. The molecule has 2 fully saturated rings. The minimum absolute atomic E-state index is 0.115. The van der Waals surface area contributed by atoms with Gasteiger partial charge in [-0.2, -0.15) is 0 Å². The van der Waals surface area contributed by atoms with E-state index in [4.69, 9.17) is 4.74 Å². The average Bonchev–Trinajstić information content (AvgIpc) is 3.00. The molecular weight excluding hydrogens is 228 g/mol. The molecule has 0 aromatic carbocycles. The van der Waals surface area contributed by atoms with Crippen LogP contribution in [0.4, 0.5) is 0 Å². The third kappa shape index (κ3) is 2.69. The molecule has 0 bridgehead atoms. The summed E-state index contributed by atoms with van der Waals surface area (Å²) < 4.78 is 5.57. The fourth-order valence-corrected chi connectivity index (χ4v) is 2.82. The summed E-state index contributed by atoms with van der Waals surface area (Å²) in [6.07, 6.45) is 3.33. The van der Waals surface area contributed by atoms with E-state index in [1.807, 2.05) is 18.7 Å². The van der Waals surface area contributed by atoms with Crippen molar-refractivity contribution >= 4 is 5.91 Å². The van der Waals surface area contributed by atoms with Crippen molar-refractivity contribution in [2.24, 2.45) is 5.92 Å². The summed E-state index contributed by atoms with van der Waals surface area (Å²) in [5.74, 6) is 0.883. The zero-order valence-corrected chi connectivity index (χ0v) is 12.0. The van der Waals surface area contributed by atoms with Crippen LogP contribution < -0.4 is 5.32 Å². The molecule has 4 nitrogen and oxygen atoms in total. The highest BCUT2D eigenvalue weighted by Crippen LogP contribution is 2.43. The Morgan fingerprint density at radius 2 is 2.11 bits per heavy atom. The Balaban J connectivity index is 2.01. The molecule has 2 atom stereocenters. The van der Waals surface area contributed by atoms with Crippen molar-refractivity contribution in [3.63, 3.8) is 0 Å². The molecule has 2 unspecified atom stereocenters. The van der Waals surface area contributed by atoms with Crippen molar-refractivity contribution in [1.29, 1.82) is 0 Å². The van der Waals surface area contributed by atoms with E-state index in [0.717, 1.165) is 19.3 Å². The molecule has 1 spiro atoms. The molecule has 1 N–H and O–H groups in total. The van der Waals surface area contributed by atoms with Crippen LogP contribution in [0.5, 0.6) is 0 Å². The third-order valence-corrected chi connectivity index (χ3v) is 3.84. The fourth-order valence-electron chi connectivity index (χ4n) is 2.82. The minimum Gasteiger partial charge on any atom is -0.377 e. The van der Waals surface area contributed by atoms with Crippen molar-refractivity contribution in [3.8, 4) is 0 Å². The van der Waals surface area contributed by atoms with Crippen LogP contribution in [-0.2, 0) is 9.53 Å². The highest BCUT2D eigenvalue weighted by atomic mass is 16.5. The van der Waals surface area contributed by atoms with E-state index in [-0.39, 0.29) is 17.8 Å². The van der Waals surface area contributed by atoms with Crippen LogP contribution in [0, 0.1) is 5.92 Å². The molecule has 1 heterocycles. The molecule has 0 radical (unpaired) electrons.